The van der Waals surface area contributed by atoms with Crippen molar-refractivity contribution in [3.8, 4) is 0 Å². The van der Waals surface area contributed by atoms with Crippen LogP contribution >= 0.6 is 31.9 Å². The van der Waals surface area contributed by atoms with Crippen LogP contribution in [0.1, 0.15) is 12.0 Å². The summed E-state index contributed by atoms with van der Waals surface area (Å²) >= 11 is 7.15. The van der Waals surface area contributed by atoms with Crippen LogP contribution in [0.4, 0.5) is 11.4 Å². The van der Waals surface area contributed by atoms with Gasteiger partial charge in [-0.25, -0.2) is 0 Å². The van der Waals surface area contributed by atoms with Gasteiger partial charge in [-0.05, 0) is 54.8 Å². The maximum atomic E-state index is 3.66. The molecule has 92 valence electrons. The number of rotatable bonds is 1. The second-order valence-corrected chi connectivity index (χ2v) is 6.24. The first kappa shape index (κ1) is 12.2. The Morgan fingerprint density at radius 3 is 2.50 bits per heavy atom. The SMILES string of the molecule is Brc1ccc(N2CCCc3c(Br)cccc32)cc1. The fourth-order valence-electron chi connectivity index (χ4n) is 2.47. The van der Waals surface area contributed by atoms with Crippen molar-refractivity contribution in [2.75, 3.05) is 11.4 Å². The van der Waals surface area contributed by atoms with E-state index in [0.29, 0.717) is 0 Å². The minimum atomic E-state index is 1.09. The number of nitrogens with zero attached hydrogens (tertiary/aromatic N) is 1. The third kappa shape index (κ3) is 2.21. The molecule has 1 aliphatic rings. The van der Waals surface area contributed by atoms with E-state index in [-0.39, 0.29) is 0 Å². The molecule has 0 radical (unpaired) electrons. The first-order chi connectivity index (χ1) is 8.75. The van der Waals surface area contributed by atoms with Gasteiger partial charge in [0, 0.05) is 26.9 Å². The van der Waals surface area contributed by atoms with Gasteiger partial charge in [0.05, 0.1) is 0 Å². The van der Waals surface area contributed by atoms with E-state index in [1.807, 2.05) is 0 Å². The van der Waals surface area contributed by atoms with Crippen LogP contribution in [-0.4, -0.2) is 6.54 Å². The molecule has 0 atom stereocenters. The van der Waals surface area contributed by atoms with E-state index in [0.717, 1.165) is 17.4 Å². The summed E-state index contributed by atoms with van der Waals surface area (Å²) in [5, 5.41) is 0. The molecule has 0 spiro atoms. The van der Waals surface area contributed by atoms with Crippen molar-refractivity contribution >= 4 is 43.2 Å². The highest BCUT2D eigenvalue weighted by Crippen LogP contribution is 2.37. The molecule has 0 saturated carbocycles. The van der Waals surface area contributed by atoms with Crippen molar-refractivity contribution in [3.05, 3.63) is 57.0 Å². The fraction of sp³-hybridized carbons (Fsp3) is 0.200. The molecule has 3 rings (SSSR count). The van der Waals surface area contributed by atoms with Gasteiger partial charge in [-0.15, -0.1) is 0 Å². The van der Waals surface area contributed by atoms with Gasteiger partial charge >= 0.3 is 0 Å². The van der Waals surface area contributed by atoms with Crippen LogP contribution in [0.3, 0.4) is 0 Å². The van der Waals surface area contributed by atoms with Crippen LogP contribution in [-0.2, 0) is 6.42 Å². The molecule has 0 unspecified atom stereocenters. The molecule has 18 heavy (non-hydrogen) atoms. The molecule has 0 aliphatic carbocycles. The average Bonchev–Trinajstić information content (AvgIpc) is 2.40. The smallest absolute Gasteiger partial charge is 0.0454 e. The van der Waals surface area contributed by atoms with E-state index < -0.39 is 0 Å². The maximum Gasteiger partial charge on any atom is 0.0454 e. The molecule has 0 fully saturated rings. The van der Waals surface area contributed by atoms with E-state index in [1.165, 1.54) is 27.8 Å². The predicted molar refractivity (Wildman–Crippen MR) is 83.6 cm³/mol. The van der Waals surface area contributed by atoms with Crippen LogP contribution in [0, 0.1) is 0 Å². The third-order valence-electron chi connectivity index (χ3n) is 3.33. The summed E-state index contributed by atoms with van der Waals surface area (Å²) in [5.74, 6) is 0. The van der Waals surface area contributed by atoms with E-state index in [1.54, 1.807) is 0 Å². The Bertz CT molecular complexity index is 563. The summed E-state index contributed by atoms with van der Waals surface area (Å²) in [5.41, 5.74) is 4.02. The van der Waals surface area contributed by atoms with Gasteiger partial charge < -0.3 is 4.90 Å². The summed E-state index contributed by atoms with van der Waals surface area (Å²) in [7, 11) is 0. The third-order valence-corrected chi connectivity index (χ3v) is 4.60. The van der Waals surface area contributed by atoms with Crippen LogP contribution in [0.5, 0.6) is 0 Å². The van der Waals surface area contributed by atoms with E-state index >= 15 is 0 Å². The first-order valence-corrected chi connectivity index (χ1v) is 7.65. The lowest BCUT2D eigenvalue weighted by Crippen LogP contribution is -2.24. The maximum absolute atomic E-state index is 3.66. The predicted octanol–water partition coefficient (Wildman–Crippen LogP) is 5.30. The molecule has 2 aromatic carbocycles. The molecule has 1 heterocycles. The fourth-order valence-corrected chi connectivity index (χ4v) is 3.29. The number of hydrogen-bond acceptors (Lipinski definition) is 1. The lowest BCUT2D eigenvalue weighted by atomic mass is 10.0. The van der Waals surface area contributed by atoms with Gasteiger partial charge in [0.2, 0.25) is 0 Å². The summed E-state index contributed by atoms with van der Waals surface area (Å²) in [4.78, 5) is 2.40. The number of fused-ring (bicyclic) bond motifs is 1. The molecule has 0 amide bonds. The Morgan fingerprint density at radius 1 is 0.944 bits per heavy atom. The molecular weight excluding hydrogens is 354 g/mol. The summed E-state index contributed by atoms with van der Waals surface area (Å²) in [6.07, 6.45) is 2.36. The Kier molecular flexibility index (Phi) is 3.44. The normalized spacial score (nSPS) is 14.4. The number of benzene rings is 2. The monoisotopic (exact) mass is 365 g/mol. The lowest BCUT2D eigenvalue weighted by Gasteiger charge is -2.32. The van der Waals surface area contributed by atoms with Gasteiger partial charge in [-0.1, -0.05) is 37.9 Å². The lowest BCUT2D eigenvalue weighted by molar-refractivity contribution is 0.764. The standard InChI is InChI=1S/C15H13Br2N/c16-11-6-8-12(9-7-11)18-10-2-3-13-14(17)4-1-5-15(13)18/h1,4-9H,2-3,10H2. The largest absolute Gasteiger partial charge is 0.341 e. The Labute approximate surface area is 124 Å². The highest BCUT2D eigenvalue weighted by Gasteiger charge is 2.19. The molecule has 0 aromatic heterocycles. The van der Waals surface area contributed by atoms with Gasteiger partial charge in [0.15, 0.2) is 0 Å². The molecule has 1 nitrogen and oxygen atoms in total. The topological polar surface area (TPSA) is 3.24 Å². The van der Waals surface area contributed by atoms with Crippen molar-refractivity contribution < 1.29 is 0 Å². The number of halogens is 2. The van der Waals surface area contributed by atoms with Crippen LogP contribution < -0.4 is 4.90 Å². The molecule has 1 aliphatic heterocycles. The minimum absolute atomic E-state index is 1.09. The minimum Gasteiger partial charge on any atom is -0.341 e. The number of anilines is 2. The van der Waals surface area contributed by atoms with Gasteiger partial charge in [0.25, 0.3) is 0 Å². The molecule has 0 bridgehead atoms. The zero-order valence-corrected chi connectivity index (χ0v) is 13.0. The van der Waals surface area contributed by atoms with E-state index in [4.69, 9.17) is 0 Å². The number of hydrogen-bond donors (Lipinski definition) is 0. The summed E-state index contributed by atoms with van der Waals surface area (Å²) in [6, 6.07) is 15.0. The summed E-state index contributed by atoms with van der Waals surface area (Å²) in [6.45, 7) is 1.09. The zero-order chi connectivity index (χ0) is 12.5. The van der Waals surface area contributed by atoms with Gasteiger partial charge in [-0.3, -0.25) is 0 Å². The van der Waals surface area contributed by atoms with Gasteiger partial charge in [-0.2, -0.15) is 0 Å². The molecule has 0 N–H and O–H groups in total. The summed E-state index contributed by atoms with van der Waals surface area (Å²) < 4.78 is 2.35. The van der Waals surface area contributed by atoms with Crippen molar-refractivity contribution in [3.63, 3.8) is 0 Å². The molecule has 0 saturated heterocycles. The second-order valence-electron chi connectivity index (χ2n) is 4.47. The van der Waals surface area contributed by atoms with Crippen LogP contribution in [0.2, 0.25) is 0 Å². The molecule has 2 aromatic rings. The average molecular weight is 367 g/mol. The Morgan fingerprint density at radius 2 is 1.72 bits per heavy atom. The van der Waals surface area contributed by atoms with Crippen molar-refractivity contribution in [1.82, 2.24) is 0 Å². The zero-order valence-electron chi connectivity index (χ0n) is 9.87. The van der Waals surface area contributed by atoms with Crippen molar-refractivity contribution in [1.29, 1.82) is 0 Å². The Balaban J connectivity index is 2.06. The highest BCUT2D eigenvalue weighted by atomic mass is 79.9. The second kappa shape index (κ2) is 5.06. The molecular formula is C15H13Br2N. The van der Waals surface area contributed by atoms with E-state index in [2.05, 4.69) is 79.2 Å². The van der Waals surface area contributed by atoms with Gasteiger partial charge in [0.1, 0.15) is 0 Å². The highest BCUT2D eigenvalue weighted by molar-refractivity contribution is 9.10. The Hall–Kier alpha value is -0.800. The van der Waals surface area contributed by atoms with E-state index in [9.17, 15) is 0 Å². The first-order valence-electron chi connectivity index (χ1n) is 6.06. The molecule has 3 heteroatoms. The quantitative estimate of drug-likeness (QED) is 0.662. The van der Waals surface area contributed by atoms with Crippen molar-refractivity contribution in [2.45, 2.75) is 12.8 Å². The van der Waals surface area contributed by atoms with Crippen LogP contribution in [0.25, 0.3) is 0 Å². The van der Waals surface area contributed by atoms with Crippen molar-refractivity contribution in [2.24, 2.45) is 0 Å². The van der Waals surface area contributed by atoms with Crippen LogP contribution in [0.15, 0.2) is 51.4 Å².